The van der Waals surface area contributed by atoms with E-state index in [4.69, 9.17) is 4.74 Å². The van der Waals surface area contributed by atoms with Gasteiger partial charge in [0.25, 0.3) is 0 Å². The van der Waals surface area contributed by atoms with Gasteiger partial charge in [-0.1, -0.05) is 33.4 Å². The minimum atomic E-state index is -0.949. The van der Waals surface area contributed by atoms with E-state index in [1.807, 2.05) is 13.0 Å². The van der Waals surface area contributed by atoms with E-state index >= 15 is 0 Å². The Morgan fingerprint density at radius 2 is 1.80 bits per heavy atom. The number of carbonyl (C=O) groups excluding carboxylic acids is 2. The molecule has 40 heavy (non-hydrogen) atoms. The fourth-order valence-corrected chi connectivity index (χ4v) is 7.13. The minimum absolute atomic E-state index is 0.147. The second kappa shape index (κ2) is 9.29. The normalized spacial score (nSPS) is 29.7. The van der Waals surface area contributed by atoms with Gasteiger partial charge in [0, 0.05) is 50.5 Å². The number of hydrogen-bond acceptors (Lipinski definition) is 5. The van der Waals surface area contributed by atoms with E-state index in [0.717, 1.165) is 62.2 Å². The number of methoxy groups -OCH3 is 1. The van der Waals surface area contributed by atoms with Crippen LogP contribution in [0.4, 0.5) is 0 Å². The molecular weight excluding hydrogens is 500 g/mol. The molecule has 0 saturated carbocycles. The van der Waals surface area contributed by atoms with Gasteiger partial charge < -0.3 is 25.3 Å². The summed E-state index contributed by atoms with van der Waals surface area (Å²) >= 11 is 0. The maximum atomic E-state index is 13.9. The van der Waals surface area contributed by atoms with Gasteiger partial charge >= 0.3 is 5.97 Å². The van der Waals surface area contributed by atoms with E-state index in [9.17, 15) is 9.59 Å². The largest absolute Gasteiger partial charge is 0.468 e. The van der Waals surface area contributed by atoms with Crippen LogP contribution in [-0.2, 0) is 20.7 Å². The molecule has 2 aromatic rings. The molecule has 208 valence electrons. The summed E-state index contributed by atoms with van der Waals surface area (Å²) in [6.07, 6.45) is 9.31. The first kappa shape index (κ1) is 26.2. The van der Waals surface area contributed by atoms with Crippen molar-refractivity contribution in [1.29, 1.82) is 0 Å². The fourth-order valence-electron chi connectivity index (χ4n) is 7.13. The molecule has 1 fully saturated rings. The molecule has 0 amide bonds. The van der Waals surface area contributed by atoms with Crippen molar-refractivity contribution >= 4 is 36.1 Å². The van der Waals surface area contributed by atoms with Crippen LogP contribution in [0, 0.1) is 31.6 Å². The molecule has 0 aromatic carbocycles. The van der Waals surface area contributed by atoms with Crippen molar-refractivity contribution in [3.05, 3.63) is 79.0 Å². The van der Waals surface area contributed by atoms with Gasteiger partial charge in [-0.3, -0.25) is 9.59 Å². The molecule has 0 radical (unpaired) electrons. The number of Topliss-reactive ketones (excluding diaryl/α,β-unsaturated/α-hetero) is 1. The lowest BCUT2D eigenvalue weighted by Crippen LogP contribution is -2.37. The quantitative estimate of drug-likeness (QED) is 0.355. The Kier molecular flexibility index (Phi) is 6.09. The highest BCUT2D eigenvalue weighted by molar-refractivity contribution is 6.17. The lowest BCUT2D eigenvalue weighted by atomic mass is 9.84. The highest BCUT2D eigenvalue weighted by Gasteiger charge is 2.52. The third-order valence-corrected chi connectivity index (χ3v) is 9.72. The number of aromatic amines is 2. The van der Waals surface area contributed by atoms with Crippen LogP contribution in [-0.4, -0.2) is 40.9 Å². The fraction of sp³-hybridized carbons (Fsp3) is 0.394. The van der Waals surface area contributed by atoms with E-state index < -0.39 is 11.9 Å². The number of ketones is 1. The van der Waals surface area contributed by atoms with Crippen molar-refractivity contribution in [2.45, 2.75) is 60.0 Å². The smallest absolute Gasteiger partial charge is 0.320 e. The number of esters is 1. The number of aromatic nitrogens is 2. The molecule has 4 N–H and O–H groups in total. The SMILES string of the molecule is C=Cc1c2[nH]c(c1C)/C=C1\NC(C3=C4NC(/C=c5\[nH]/c(c(C)c5CC)=C\2)C(C)=C4C(=O)[C@@H]3C(=O)OC)[C@@H](C)[C@@H]1C. The molecule has 8 bridgehead atoms. The third-order valence-electron chi connectivity index (χ3n) is 9.72. The summed E-state index contributed by atoms with van der Waals surface area (Å²) in [4.78, 5) is 34.2. The molecule has 2 aromatic heterocycles. The Morgan fingerprint density at radius 1 is 1.05 bits per heavy atom. The highest BCUT2D eigenvalue weighted by atomic mass is 16.5. The van der Waals surface area contributed by atoms with Gasteiger partial charge in [0.2, 0.25) is 0 Å². The molecule has 3 aliphatic heterocycles. The molecular formula is C33H38N4O3. The predicted octanol–water partition coefficient (Wildman–Crippen LogP) is 3.29. The molecule has 5 atom stereocenters. The zero-order chi connectivity index (χ0) is 28.6. The predicted molar refractivity (Wildman–Crippen MR) is 158 cm³/mol. The molecule has 0 spiro atoms. The van der Waals surface area contributed by atoms with Crippen LogP contribution in [0.3, 0.4) is 0 Å². The molecule has 6 rings (SSSR count). The van der Waals surface area contributed by atoms with Crippen molar-refractivity contribution in [2.24, 2.45) is 17.8 Å². The van der Waals surface area contributed by atoms with Gasteiger partial charge in [-0.15, -0.1) is 0 Å². The van der Waals surface area contributed by atoms with Crippen LogP contribution < -0.4 is 21.3 Å². The summed E-state index contributed by atoms with van der Waals surface area (Å²) in [6.45, 7) is 16.9. The lowest BCUT2D eigenvalue weighted by Gasteiger charge is -2.24. The maximum Gasteiger partial charge on any atom is 0.320 e. The number of fused-ring (bicyclic) bond motifs is 8. The van der Waals surface area contributed by atoms with Crippen molar-refractivity contribution < 1.29 is 14.3 Å². The van der Waals surface area contributed by atoms with Gasteiger partial charge in [-0.05, 0) is 79.2 Å². The molecule has 1 aliphatic carbocycles. The Morgan fingerprint density at radius 3 is 2.48 bits per heavy atom. The third kappa shape index (κ3) is 3.56. The zero-order valence-electron chi connectivity index (χ0n) is 24.3. The monoisotopic (exact) mass is 538 g/mol. The Hall–Kier alpha value is -4.00. The Labute approximate surface area is 234 Å². The van der Waals surface area contributed by atoms with Gasteiger partial charge in [-0.25, -0.2) is 0 Å². The number of ether oxygens (including phenoxy) is 1. The zero-order valence-corrected chi connectivity index (χ0v) is 24.3. The van der Waals surface area contributed by atoms with E-state index in [0.29, 0.717) is 5.57 Å². The second-order valence-electron chi connectivity index (χ2n) is 11.6. The molecule has 7 nitrogen and oxygen atoms in total. The molecule has 5 heterocycles. The summed E-state index contributed by atoms with van der Waals surface area (Å²) in [5.41, 5.74) is 10.9. The number of nitrogens with one attached hydrogen (secondary N) is 4. The first-order valence-electron chi connectivity index (χ1n) is 14.2. The summed E-state index contributed by atoms with van der Waals surface area (Å²) in [5, 5.41) is 9.47. The number of rotatable bonds is 3. The summed E-state index contributed by atoms with van der Waals surface area (Å²) in [7, 11) is 1.35. The second-order valence-corrected chi connectivity index (χ2v) is 11.6. The molecule has 7 heteroatoms. The van der Waals surface area contributed by atoms with Crippen LogP contribution in [0.5, 0.6) is 0 Å². The number of H-pyrrole nitrogens is 2. The van der Waals surface area contributed by atoms with E-state index in [1.54, 1.807) is 0 Å². The number of allylic oxidation sites excluding steroid dienone is 2. The Bertz CT molecular complexity index is 1710. The highest BCUT2D eigenvalue weighted by Crippen LogP contribution is 2.46. The van der Waals surface area contributed by atoms with E-state index in [2.05, 4.69) is 80.0 Å². The van der Waals surface area contributed by atoms with Crippen molar-refractivity contribution in [2.75, 3.05) is 7.11 Å². The summed E-state index contributed by atoms with van der Waals surface area (Å²) in [6, 6.07) is -0.363. The van der Waals surface area contributed by atoms with Gasteiger partial charge in [0.05, 0.1) is 19.2 Å². The standard InChI is InChI=1S/C33H38N4O3/c1-9-19-16(5)22-11-21-14(3)15(4)30(36-21)28-29(33(39)40-8)32(38)27-18(7)24(37-31(27)28)13-26-20(10-2)17(6)23(35-26)12-25(19)34-22/h9,11-15,24,29-30,34-37H,1,10H2,2-8H3/b21-11-,23-12-,26-13-/t14-,15-,24?,29+,30?/m0/s1. The molecule has 2 unspecified atom stereocenters. The first-order valence-corrected chi connectivity index (χ1v) is 14.2. The summed E-state index contributed by atoms with van der Waals surface area (Å²) in [5.74, 6) is -1.30. The lowest BCUT2D eigenvalue weighted by molar-refractivity contribution is -0.146. The van der Waals surface area contributed by atoms with E-state index in [-0.39, 0.29) is 29.7 Å². The molecule has 4 aliphatic rings. The summed E-state index contributed by atoms with van der Waals surface area (Å²) < 4.78 is 5.17. The number of carbonyl (C=O) groups is 2. The van der Waals surface area contributed by atoms with Crippen molar-refractivity contribution in [3.8, 4) is 0 Å². The van der Waals surface area contributed by atoms with Gasteiger partial charge in [0.15, 0.2) is 5.78 Å². The van der Waals surface area contributed by atoms with Crippen LogP contribution in [0.25, 0.3) is 24.3 Å². The van der Waals surface area contributed by atoms with Crippen molar-refractivity contribution in [1.82, 2.24) is 20.6 Å². The van der Waals surface area contributed by atoms with Crippen LogP contribution in [0.1, 0.15) is 61.3 Å². The average molecular weight is 539 g/mol. The topological polar surface area (TPSA) is 99.0 Å². The van der Waals surface area contributed by atoms with Crippen LogP contribution >= 0.6 is 0 Å². The van der Waals surface area contributed by atoms with Gasteiger partial charge in [0.1, 0.15) is 5.92 Å². The van der Waals surface area contributed by atoms with E-state index in [1.165, 1.54) is 18.2 Å². The minimum Gasteiger partial charge on any atom is -0.468 e. The van der Waals surface area contributed by atoms with Crippen LogP contribution in [0.2, 0.25) is 0 Å². The molecule has 1 saturated heterocycles. The van der Waals surface area contributed by atoms with Crippen molar-refractivity contribution in [3.63, 3.8) is 0 Å². The van der Waals surface area contributed by atoms with Gasteiger partial charge in [-0.2, -0.15) is 0 Å². The maximum absolute atomic E-state index is 13.9. The van der Waals surface area contributed by atoms with Crippen LogP contribution in [0.15, 0.2) is 34.7 Å². The first-order chi connectivity index (χ1) is 19.1. The Balaban J connectivity index is 1.68. The number of hydrogen-bond donors (Lipinski definition) is 4. The average Bonchev–Trinajstić information content (AvgIpc) is 3.66.